The van der Waals surface area contributed by atoms with Crippen LogP contribution in [0.15, 0.2) is 70.2 Å². The van der Waals surface area contributed by atoms with Crippen LogP contribution in [0.1, 0.15) is 23.4 Å². The monoisotopic (exact) mass is 476 g/mol. The molecule has 8 nitrogen and oxygen atoms in total. The van der Waals surface area contributed by atoms with Gasteiger partial charge in [0.2, 0.25) is 5.91 Å². The van der Waals surface area contributed by atoms with Crippen molar-refractivity contribution < 1.29 is 27.2 Å². The van der Waals surface area contributed by atoms with Gasteiger partial charge in [0.05, 0.1) is 29.1 Å². The van der Waals surface area contributed by atoms with Crippen LogP contribution < -0.4 is 15.4 Å². The lowest BCUT2D eigenvalue weighted by Crippen LogP contribution is -2.17. The van der Waals surface area contributed by atoms with Gasteiger partial charge >= 0.3 is 0 Å². The number of rotatable bonds is 9. The molecule has 10 heteroatoms. The third kappa shape index (κ3) is 6.60. The molecular formula is C22H21ClN2O6S. The maximum Gasteiger partial charge on any atom is 0.291 e. The number of halogens is 1. The van der Waals surface area contributed by atoms with Crippen molar-refractivity contribution in [3.8, 4) is 5.75 Å². The zero-order chi connectivity index (χ0) is 23.1. The Morgan fingerprint density at radius 2 is 1.78 bits per heavy atom. The van der Waals surface area contributed by atoms with E-state index in [1.807, 2.05) is 0 Å². The summed E-state index contributed by atoms with van der Waals surface area (Å²) in [5, 5.41) is 5.81. The molecule has 1 heterocycles. The van der Waals surface area contributed by atoms with Crippen molar-refractivity contribution in [3.63, 3.8) is 0 Å². The Bertz CT molecular complexity index is 1190. The van der Waals surface area contributed by atoms with Gasteiger partial charge in [0.25, 0.3) is 5.91 Å². The van der Waals surface area contributed by atoms with Gasteiger partial charge in [0, 0.05) is 17.7 Å². The molecule has 0 bridgehead atoms. The molecule has 3 rings (SSSR count). The number of ether oxygens (including phenoxy) is 1. The van der Waals surface area contributed by atoms with Crippen molar-refractivity contribution in [2.24, 2.45) is 0 Å². The van der Waals surface area contributed by atoms with E-state index in [1.54, 1.807) is 30.3 Å². The van der Waals surface area contributed by atoms with Crippen LogP contribution >= 0.6 is 11.6 Å². The molecule has 0 saturated carbocycles. The Morgan fingerprint density at radius 3 is 2.44 bits per heavy atom. The van der Waals surface area contributed by atoms with Crippen molar-refractivity contribution in [2.75, 3.05) is 23.5 Å². The van der Waals surface area contributed by atoms with Crippen LogP contribution in [0.3, 0.4) is 0 Å². The van der Waals surface area contributed by atoms with E-state index in [2.05, 4.69) is 10.6 Å². The first-order chi connectivity index (χ1) is 15.2. The second-order valence-electron chi connectivity index (χ2n) is 6.87. The van der Waals surface area contributed by atoms with Crippen molar-refractivity contribution in [1.82, 2.24) is 0 Å². The summed E-state index contributed by atoms with van der Waals surface area (Å²) in [4.78, 5) is 24.8. The fourth-order valence-corrected chi connectivity index (χ4v) is 3.54. The van der Waals surface area contributed by atoms with Crippen LogP contribution in [0.2, 0.25) is 5.02 Å². The molecule has 1 aromatic heterocycles. The summed E-state index contributed by atoms with van der Waals surface area (Å²) in [6.45, 7) is 0.272. The normalized spacial score (nSPS) is 11.1. The number of hydrogen-bond donors (Lipinski definition) is 2. The van der Waals surface area contributed by atoms with Crippen molar-refractivity contribution >= 4 is 44.6 Å². The summed E-state index contributed by atoms with van der Waals surface area (Å²) in [5.74, 6) is -0.0951. The summed E-state index contributed by atoms with van der Waals surface area (Å²) in [5.41, 5.74) is 0.742. The number of carbonyl (C=O) groups is 2. The van der Waals surface area contributed by atoms with E-state index in [1.165, 1.54) is 30.5 Å². The van der Waals surface area contributed by atoms with E-state index in [9.17, 15) is 18.0 Å². The van der Waals surface area contributed by atoms with Crippen LogP contribution in [0.25, 0.3) is 0 Å². The summed E-state index contributed by atoms with van der Waals surface area (Å²) < 4.78 is 33.6. The molecule has 0 spiro atoms. The number of sulfone groups is 1. The molecule has 168 valence electrons. The highest BCUT2D eigenvalue weighted by Gasteiger charge is 2.14. The summed E-state index contributed by atoms with van der Waals surface area (Å²) in [6.07, 6.45) is 3.13. The zero-order valence-electron chi connectivity index (χ0n) is 17.1. The van der Waals surface area contributed by atoms with E-state index in [0.717, 1.165) is 6.26 Å². The predicted molar refractivity (Wildman–Crippen MR) is 121 cm³/mol. The molecule has 3 aromatic rings. The van der Waals surface area contributed by atoms with Gasteiger partial charge < -0.3 is 19.8 Å². The van der Waals surface area contributed by atoms with Crippen molar-refractivity contribution in [3.05, 3.63) is 71.6 Å². The van der Waals surface area contributed by atoms with Crippen molar-refractivity contribution in [1.29, 1.82) is 0 Å². The third-order valence-electron chi connectivity index (χ3n) is 4.32. The number of furan rings is 1. The van der Waals surface area contributed by atoms with E-state index in [-0.39, 0.29) is 29.6 Å². The standard InChI is InChI=1S/C22H21ClN2O6S/c1-32(28,29)17-9-7-16(8-10-17)30-12-3-5-21(26)24-18-11-6-15(23)14-19(18)25-22(27)20-4-2-13-31-20/h2,4,6-11,13-14H,3,5,12H2,1H3,(H,24,26)(H,25,27). The van der Waals surface area contributed by atoms with E-state index >= 15 is 0 Å². The van der Waals surface area contributed by atoms with Gasteiger partial charge in [-0.15, -0.1) is 0 Å². The fourth-order valence-electron chi connectivity index (χ4n) is 2.74. The average molecular weight is 477 g/mol. The molecule has 0 aliphatic rings. The van der Waals surface area contributed by atoms with Gasteiger partial charge in [-0.3, -0.25) is 9.59 Å². The maximum atomic E-state index is 12.3. The lowest BCUT2D eigenvalue weighted by atomic mass is 10.2. The smallest absolute Gasteiger partial charge is 0.291 e. The quantitative estimate of drug-likeness (QED) is 0.443. The summed E-state index contributed by atoms with van der Waals surface area (Å²) in [7, 11) is -3.26. The van der Waals surface area contributed by atoms with Gasteiger partial charge in [0.1, 0.15) is 5.75 Å². The second kappa shape index (κ2) is 10.3. The maximum absolute atomic E-state index is 12.3. The predicted octanol–water partition coefficient (Wildman–Crippen LogP) is 4.39. The number of anilines is 2. The topological polar surface area (TPSA) is 115 Å². The first-order valence-corrected chi connectivity index (χ1v) is 11.9. The van der Waals surface area contributed by atoms with Gasteiger partial charge in [-0.2, -0.15) is 0 Å². The highest BCUT2D eigenvalue weighted by Crippen LogP contribution is 2.27. The molecule has 2 amide bonds. The van der Waals surface area contributed by atoms with Gasteiger partial charge in [-0.25, -0.2) is 8.42 Å². The molecule has 0 fully saturated rings. The SMILES string of the molecule is CS(=O)(=O)c1ccc(OCCCC(=O)Nc2ccc(Cl)cc2NC(=O)c2ccco2)cc1. The number of amides is 2. The lowest BCUT2D eigenvalue weighted by molar-refractivity contribution is -0.116. The molecule has 0 radical (unpaired) electrons. The van der Waals surface area contributed by atoms with Gasteiger partial charge in [-0.05, 0) is 61.0 Å². The molecule has 2 N–H and O–H groups in total. The first kappa shape index (κ1) is 23.4. The summed E-state index contributed by atoms with van der Waals surface area (Å²) in [6, 6.07) is 13.9. The zero-order valence-corrected chi connectivity index (χ0v) is 18.7. The minimum Gasteiger partial charge on any atom is -0.494 e. The molecule has 0 unspecified atom stereocenters. The third-order valence-corrected chi connectivity index (χ3v) is 5.68. The molecule has 0 aliphatic carbocycles. The largest absolute Gasteiger partial charge is 0.494 e. The Balaban J connectivity index is 1.51. The van der Waals surface area contributed by atoms with E-state index in [4.69, 9.17) is 20.8 Å². The van der Waals surface area contributed by atoms with E-state index in [0.29, 0.717) is 28.6 Å². The number of hydrogen-bond acceptors (Lipinski definition) is 6. The molecule has 0 aliphatic heterocycles. The van der Waals surface area contributed by atoms with Crippen LogP contribution in [0.5, 0.6) is 5.75 Å². The Hall–Kier alpha value is -3.30. The summed E-state index contributed by atoms with van der Waals surface area (Å²) >= 11 is 6.02. The minimum absolute atomic E-state index is 0.129. The Labute approximate surface area is 190 Å². The van der Waals surface area contributed by atoms with E-state index < -0.39 is 15.7 Å². The lowest BCUT2D eigenvalue weighted by Gasteiger charge is -2.12. The van der Waals surface area contributed by atoms with Crippen LogP contribution in [-0.2, 0) is 14.6 Å². The van der Waals surface area contributed by atoms with Crippen LogP contribution in [0, 0.1) is 0 Å². The molecule has 2 aromatic carbocycles. The van der Waals surface area contributed by atoms with Crippen LogP contribution in [0.4, 0.5) is 11.4 Å². The number of carbonyl (C=O) groups excluding carboxylic acids is 2. The minimum atomic E-state index is -3.26. The first-order valence-electron chi connectivity index (χ1n) is 9.59. The van der Waals surface area contributed by atoms with Crippen LogP contribution in [-0.4, -0.2) is 33.1 Å². The number of nitrogens with one attached hydrogen (secondary N) is 2. The molecular weight excluding hydrogens is 456 g/mol. The Kier molecular flexibility index (Phi) is 7.55. The Morgan fingerprint density at radius 1 is 1.03 bits per heavy atom. The molecule has 32 heavy (non-hydrogen) atoms. The molecule has 0 atom stereocenters. The van der Waals surface area contributed by atoms with Gasteiger partial charge in [-0.1, -0.05) is 11.6 Å². The molecule has 0 saturated heterocycles. The average Bonchev–Trinajstić information content (AvgIpc) is 3.28. The highest BCUT2D eigenvalue weighted by molar-refractivity contribution is 7.90. The highest BCUT2D eigenvalue weighted by atomic mass is 35.5. The van der Waals surface area contributed by atoms with Crippen molar-refractivity contribution in [2.45, 2.75) is 17.7 Å². The van der Waals surface area contributed by atoms with Gasteiger partial charge in [0.15, 0.2) is 15.6 Å². The fraction of sp³-hybridized carbons (Fsp3) is 0.182. The number of benzene rings is 2. The second-order valence-corrected chi connectivity index (χ2v) is 9.32.